The Labute approximate surface area is 92.4 Å². The number of hydrogen-bond acceptors (Lipinski definition) is 2. The van der Waals surface area contributed by atoms with Crippen molar-refractivity contribution >= 4 is 38.7 Å². The molecule has 10 heavy (non-hydrogen) atoms. The summed E-state index contributed by atoms with van der Waals surface area (Å²) in [6, 6.07) is 0. The Bertz CT molecular complexity index is 41.4. The van der Waals surface area contributed by atoms with Gasteiger partial charge in [0, 0.05) is 0 Å². The number of piperidine rings is 1. The third-order valence-corrected chi connectivity index (χ3v) is 1.21. The third-order valence-electron chi connectivity index (χ3n) is 1.21. The maximum atomic E-state index is 3.28. The zero-order valence-electron chi connectivity index (χ0n) is 5.81. The van der Waals surface area contributed by atoms with Crippen molar-refractivity contribution in [2.75, 3.05) is 13.1 Å². The van der Waals surface area contributed by atoms with Crippen LogP contribution in [-0.2, 0) is 11.2 Å². The van der Waals surface area contributed by atoms with Crippen LogP contribution in [0.5, 0.6) is 0 Å². The van der Waals surface area contributed by atoms with E-state index in [2.05, 4.69) is 44.0 Å². The van der Waals surface area contributed by atoms with E-state index in [0.717, 1.165) is 0 Å². The third kappa shape index (κ3) is 12.7. The van der Waals surface area contributed by atoms with Crippen LogP contribution in [0.1, 0.15) is 19.3 Å². The van der Waals surface area contributed by atoms with Crippen molar-refractivity contribution < 1.29 is 11.2 Å². The van der Waals surface area contributed by atoms with E-state index in [1.54, 1.807) is 0 Å². The zero-order valence-corrected chi connectivity index (χ0v) is 12.4. The molecule has 5 heteroatoms. The molecule has 0 bridgehead atoms. The molecule has 0 radical (unpaired) electrons. The average molecular weight is 551 g/mol. The minimum absolute atomic E-state index is 0. The van der Waals surface area contributed by atoms with E-state index in [4.69, 9.17) is 0 Å². The Morgan fingerprint density at radius 2 is 1.40 bits per heavy atom. The van der Waals surface area contributed by atoms with E-state index >= 15 is 0 Å². The van der Waals surface area contributed by atoms with Crippen molar-refractivity contribution in [2.24, 2.45) is 0 Å². The summed E-state index contributed by atoms with van der Waals surface area (Å²) in [6.07, 6.45) is 4.22. The Morgan fingerprint density at radius 1 is 1.00 bits per heavy atom. The average Bonchev–Trinajstić information content (AvgIpc) is 1.93. The zero-order chi connectivity index (χ0) is 6.95. The predicted molar refractivity (Wildman–Crippen MR) is 59.8 cm³/mol. The summed E-state index contributed by atoms with van der Waals surface area (Å²) in [7, 11) is 0. The molecule has 1 aliphatic heterocycles. The molecule has 1 saturated heterocycles. The molecular weight excluding hydrogens is 537 g/mol. The first-order valence-electron chi connectivity index (χ1n) is 2.95. The molecule has 1 rings (SSSR count). The standard InChI is InChI=1S/C5H11N.2HI.H3N.Pt/c1-2-4-6-5-3-1;;;;/h6H,1-5H2;2*1H;1H3;/q;;;;+2/p-2. The van der Waals surface area contributed by atoms with Crippen LogP contribution < -0.4 is 11.5 Å². The second kappa shape index (κ2) is 13.6. The fraction of sp³-hybridized carbons (Fsp3) is 1.00. The predicted octanol–water partition coefficient (Wildman–Crippen LogP) is 2.69. The SMILES string of the molecule is C1CCNCC1.N.[I][Pt][I]. The second-order valence-electron chi connectivity index (χ2n) is 1.86. The molecule has 1 heterocycles. The molecule has 0 unspecified atom stereocenters. The molecule has 0 amide bonds. The van der Waals surface area contributed by atoms with Gasteiger partial charge in [0.25, 0.3) is 0 Å². The van der Waals surface area contributed by atoms with Crippen molar-refractivity contribution in [3.63, 3.8) is 0 Å². The Balaban J connectivity index is 0. The fourth-order valence-corrected chi connectivity index (χ4v) is 0.802. The molecule has 0 aromatic rings. The van der Waals surface area contributed by atoms with Gasteiger partial charge in [0.05, 0.1) is 0 Å². The normalized spacial score (nSPS) is 16.6. The van der Waals surface area contributed by atoms with Crippen LogP contribution in [-0.4, -0.2) is 13.1 Å². The van der Waals surface area contributed by atoms with E-state index in [0.29, 0.717) is 11.2 Å². The first kappa shape index (κ1) is 14.6. The molecule has 0 aliphatic carbocycles. The van der Waals surface area contributed by atoms with E-state index in [1.807, 2.05) is 0 Å². The van der Waals surface area contributed by atoms with Crippen molar-refractivity contribution in [1.29, 1.82) is 0 Å². The van der Waals surface area contributed by atoms with E-state index in [-0.39, 0.29) is 6.15 Å². The fourth-order valence-electron chi connectivity index (χ4n) is 0.802. The minimum atomic E-state index is 0. The molecule has 0 aromatic heterocycles. The first-order valence-corrected chi connectivity index (χ1v) is 15.8. The summed E-state index contributed by atoms with van der Waals surface area (Å²) in [5.41, 5.74) is 0. The monoisotopic (exact) mass is 551 g/mol. The number of rotatable bonds is 0. The van der Waals surface area contributed by atoms with Gasteiger partial charge in [-0.1, -0.05) is 6.42 Å². The van der Waals surface area contributed by atoms with E-state index in [1.165, 1.54) is 32.4 Å². The maximum absolute atomic E-state index is 3.28. The van der Waals surface area contributed by atoms with Crippen molar-refractivity contribution in [3.05, 3.63) is 0 Å². The summed E-state index contributed by atoms with van der Waals surface area (Å²) in [4.78, 5) is 0. The van der Waals surface area contributed by atoms with Gasteiger partial charge in [0.15, 0.2) is 0 Å². The quantitative estimate of drug-likeness (QED) is 0.456. The van der Waals surface area contributed by atoms with Gasteiger partial charge in [0.2, 0.25) is 0 Å². The van der Waals surface area contributed by atoms with Crippen LogP contribution in [0.15, 0.2) is 0 Å². The van der Waals surface area contributed by atoms with Gasteiger partial charge in [-0.3, -0.25) is 0 Å². The Kier molecular flexibility index (Phi) is 19.9. The molecule has 68 valence electrons. The van der Waals surface area contributed by atoms with E-state index < -0.39 is 0 Å². The summed E-state index contributed by atoms with van der Waals surface area (Å²) in [5, 5.41) is 3.28. The summed E-state index contributed by atoms with van der Waals surface area (Å²) >= 11 is 5.30. The molecule has 0 aromatic carbocycles. The van der Waals surface area contributed by atoms with E-state index in [9.17, 15) is 0 Å². The number of hydrogen-bond donors (Lipinski definition) is 2. The van der Waals surface area contributed by atoms with Gasteiger partial charge in [0.1, 0.15) is 0 Å². The van der Waals surface area contributed by atoms with Crippen molar-refractivity contribution in [3.8, 4) is 0 Å². The number of nitrogens with one attached hydrogen (secondary N) is 1. The molecule has 4 N–H and O–H groups in total. The van der Waals surface area contributed by atoms with Crippen LogP contribution in [0.4, 0.5) is 0 Å². The summed E-state index contributed by atoms with van der Waals surface area (Å²) < 4.78 is 0. The van der Waals surface area contributed by atoms with Gasteiger partial charge in [-0.25, -0.2) is 0 Å². The molecule has 1 aliphatic rings. The topological polar surface area (TPSA) is 47.0 Å². The first-order chi connectivity index (χ1) is 4.41. The van der Waals surface area contributed by atoms with Crippen LogP contribution in [0.25, 0.3) is 0 Å². The Hall–Kier alpha value is 2.07. The van der Waals surface area contributed by atoms with Crippen molar-refractivity contribution in [2.45, 2.75) is 19.3 Å². The molecule has 0 saturated carbocycles. The van der Waals surface area contributed by atoms with Crippen LogP contribution in [0.3, 0.4) is 0 Å². The molecule has 0 spiro atoms. The Morgan fingerprint density at radius 3 is 1.50 bits per heavy atom. The molecular formula is C5H14I2N2Pt. The van der Waals surface area contributed by atoms with Crippen molar-refractivity contribution in [1.82, 2.24) is 11.5 Å². The summed E-state index contributed by atoms with van der Waals surface area (Å²) in [5.74, 6) is 0. The van der Waals surface area contributed by atoms with Gasteiger partial charge < -0.3 is 11.5 Å². The van der Waals surface area contributed by atoms with Gasteiger partial charge in [-0.2, -0.15) is 0 Å². The van der Waals surface area contributed by atoms with Gasteiger partial charge >= 0.3 is 49.9 Å². The van der Waals surface area contributed by atoms with Gasteiger partial charge in [-0.15, -0.1) is 0 Å². The van der Waals surface area contributed by atoms with Crippen LogP contribution in [0, 0.1) is 0 Å². The molecule has 1 fully saturated rings. The molecule has 0 atom stereocenters. The molecule has 2 nitrogen and oxygen atoms in total. The van der Waals surface area contributed by atoms with Gasteiger partial charge in [-0.05, 0) is 25.9 Å². The van der Waals surface area contributed by atoms with Crippen LogP contribution in [0.2, 0.25) is 0 Å². The summed E-state index contributed by atoms with van der Waals surface area (Å²) in [6.45, 7) is 2.50. The number of halogens is 2. The van der Waals surface area contributed by atoms with Crippen LogP contribution >= 0.6 is 38.7 Å². The second-order valence-corrected chi connectivity index (χ2v) is 18.5.